The average molecular weight is 792 g/mol. The van der Waals surface area contributed by atoms with Crippen molar-refractivity contribution < 1.29 is 9.90 Å². The van der Waals surface area contributed by atoms with Crippen molar-refractivity contribution in [1.82, 2.24) is 0 Å². The molecule has 8 aromatic rings. The Labute approximate surface area is 335 Å². The third-order valence-corrected chi connectivity index (χ3v) is 13.2. The highest BCUT2D eigenvalue weighted by Crippen LogP contribution is 2.45. The molecule has 0 radical (unpaired) electrons. The van der Waals surface area contributed by atoms with Crippen LogP contribution in [-0.4, -0.2) is 10.9 Å². The first kappa shape index (κ1) is 37.9. The fourth-order valence-corrected chi connectivity index (χ4v) is 9.69. The van der Waals surface area contributed by atoms with E-state index in [1.54, 1.807) is 0 Å². The maximum absolute atomic E-state index is 11.4. The van der Waals surface area contributed by atoms with Gasteiger partial charge in [-0.25, -0.2) is 0 Å². The molecule has 10 rings (SSSR count). The van der Waals surface area contributed by atoms with E-state index in [1.807, 2.05) is 0 Å². The van der Waals surface area contributed by atoms with E-state index in [0.29, 0.717) is 5.78 Å². The molecule has 0 unspecified atom stereocenters. The van der Waals surface area contributed by atoms with Crippen LogP contribution >= 0.6 is 15.9 Å². The molecule has 282 valence electrons. The van der Waals surface area contributed by atoms with Crippen LogP contribution in [0.2, 0.25) is 0 Å². The minimum absolute atomic E-state index is 0.132. The van der Waals surface area contributed by atoms with E-state index in [1.165, 1.54) is 93.1 Å². The van der Waals surface area contributed by atoms with Crippen molar-refractivity contribution >= 4 is 86.3 Å². The van der Waals surface area contributed by atoms with Crippen LogP contribution in [0.15, 0.2) is 102 Å². The standard InChI is InChI=1S/C26H28O.C20H17Br.C6H10O/c1-25(2,3)20-15-18-8-7-17-10-12-22(26(27)13-5-4-6-14-26)21-11-9-19(16-20)23(18)24(17)21;1-20(2,3)15-10-13-5-4-12-7-9-17(21)16-8-6-14(11-15)18(13)19(12)16;7-6-4-2-1-3-5-6/h7-12,15-16,27H,4-6,13-14H2,1-3H3;4-11H,1-3H3;1-5H2. The van der Waals surface area contributed by atoms with Gasteiger partial charge in [-0.2, -0.15) is 0 Å². The number of aliphatic hydroxyl groups is 1. The van der Waals surface area contributed by atoms with Crippen molar-refractivity contribution in [1.29, 1.82) is 0 Å². The zero-order valence-corrected chi connectivity index (χ0v) is 35.1. The molecule has 0 amide bonds. The molecular weight excluding hydrogens is 736 g/mol. The predicted octanol–water partition coefficient (Wildman–Crippen LogP) is 15.2. The van der Waals surface area contributed by atoms with Crippen molar-refractivity contribution in [2.24, 2.45) is 0 Å². The van der Waals surface area contributed by atoms with E-state index in [9.17, 15) is 9.90 Å². The highest BCUT2D eigenvalue weighted by Gasteiger charge is 2.33. The number of carbonyl (C=O) groups excluding carboxylic acids is 1. The number of hydrogen-bond acceptors (Lipinski definition) is 2. The molecule has 0 aromatic heterocycles. The third-order valence-electron chi connectivity index (χ3n) is 12.5. The summed E-state index contributed by atoms with van der Waals surface area (Å²) >= 11 is 3.69. The first-order valence-electron chi connectivity index (χ1n) is 20.6. The summed E-state index contributed by atoms with van der Waals surface area (Å²) < 4.78 is 1.17. The SMILES string of the molecule is CC(C)(C)c1cc2ccc3ccc(Br)c4ccc(c1)c2c34.CC(C)(C)c1cc2ccc3ccc(C4(O)CCCCC4)c4ccc(c1)c2c34.O=C1CCCCC1. The normalized spacial score (nSPS) is 16.5. The second kappa shape index (κ2) is 14.5. The van der Waals surface area contributed by atoms with Crippen LogP contribution in [0.1, 0.15) is 122 Å². The van der Waals surface area contributed by atoms with E-state index >= 15 is 0 Å². The van der Waals surface area contributed by atoms with Crippen LogP contribution < -0.4 is 0 Å². The zero-order chi connectivity index (χ0) is 38.7. The Kier molecular flexibility index (Phi) is 9.96. The summed E-state index contributed by atoms with van der Waals surface area (Å²) in [5.41, 5.74) is 3.53. The third kappa shape index (κ3) is 7.24. The molecule has 3 heteroatoms. The van der Waals surface area contributed by atoms with E-state index in [-0.39, 0.29) is 10.8 Å². The minimum atomic E-state index is -0.670. The Bertz CT molecular complexity index is 2620. The lowest BCUT2D eigenvalue weighted by molar-refractivity contribution is -0.120. The maximum Gasteiger partial charge on any atom is 0.132 e. The van der Waals surface area contributed by atoms with Gasteiger partial charge in [0.25, 0.3) is 0 Å². The second-order valence-electron chi connectivity index (χ2n) is 18.5. The Morgan fingerprint density at radius 1 is 0.491 bits per heavy atom. The highest BCUT2D eigenvalue weighted by molar-refractivity contribution is 9.10. The van der Waals surface area contributed by atoms with Gasteiger partial charge in [-0.3, -0.25) is 4.79 Å². The molecule has 55 heavy (non-hydrogen) atoms. The highest BCUT2D eigenvalue weighted by atomic mass is 79.9. The molecule has 1 N–H and O–H groups in total. The molecule has 2 saturated carbocycles. The lowest BCUT2D eigenvalue weighted by Crippen LogP contribution is -2.28. The number of ketones is 1. The predicted molar refractivity (Wildman–Crippen MR) is 240 cm³/mol. The number of benzene rings is 8. The van der Waals surface area contributed by atoms with E-state index in [2.05, 4.69) is 155 Å². The van der Waals surface area contributed by atoms with Crippen LogP contribution in [0.25, 0.3) is 64.6 Å². The van der Waals surface area contributed by atoms with E-state index in [0.717, 1.165) is 56.9 Å². The van der Waals surface area contributed by atoms with Crippen LogP contribution in [0.3, 0.4) is 0 Å². The topological polar surface area (TPSA) is 37.3 Å². The summed E-state index contributed by atoms with van der Waals surface area (Å²) in [5, 5.41) is 27.3. The fraction of sp³-hybridized carbons (Fsp3) is 0.365. The Morgan fingerprint density at radius 3 is 1.36 bits per heavy atom. The summed E-state index contributed by atoms with van der Waals surface area (Å²) in [6.07, 6.45) is 10.5. The zero-order valence-electron chi connectivity index (χ0n) is 33.5. The van der Waals surface area contributed by atoms with Gasteiger partial charge in [0.1, 0.15) is 5.78 Å². The van der Waals surface area contributed by atoms with Gasteiger partial charge in [-0.15, -0.1) is 0 Å². The summed E-state index contributed by atoms with van der Waals surface area (Å²) in [6.45, 7) is 13.6. The quantitative estimate of drug-likeness (QED) is 0.168. The van der Waals surface area contributed by atoms with Gasteiger partial charge in [0.05, 0.1) is 5.60 Å². The van der Waals surface area contributed by atoms with E-state index < -0.39 is 5.60 Å². The number of carbonyl (C=O) groups is 1. The van der Waals surface area contributed by atoms with Crippen LogP contribution in [0.5, 0.6) is 0 Å². The van der Waals surface area contributed by atoms with Gasteiger partial charge >= 0.3 is 0 Å². The molecule has 0 saturated heterocycles. The Morgan fingerprint density at radius 2 is 0.891 bits per heavy atom. The maximum atomic E-state index is 11.4. The van der Waals surface area contributed by atoms with Crippen LogP contribution in [-0.2, 0) is 21.2 Å². The smallest absolute Gasteiger partial charge is 0.132 e. The fourth-order valence-electron chi connectivity index (χ4n) is 9.23. The van der Waals surface area contributed by atoms with Crippen LogP contribution in [0.4, 0.5) is 0 Å². The molecule has 2 nitrogen and oxygen atoms in total. The second-order valence-corrected chi connectivity index (χ2v) is 19.4. The first-order chi connectivity index (χ1) is 26.2. The van der Waals surface area contributed by atoms with Gasteiger partial charge < -0.3 is 5.11 Å². The molecule has 0 spiro atoms. The molecule has 8 aromatic carbocycles. The van der Waals surface area contributed by atoms with Crippen LogP contribution in [0, 0.1) is 0 Å². The van der Waals surface area contributed by atoms with Gasteiger partial charge in [0, 0.05) is 17.3 Å². The number of Topliss-reactive ketones (excluding diaryl/α,β-unsaturated/α-hetero) is 1. The molecular formula is C52H55BrO2. The molecule has 0 heterocycles. The summed E-state index contributed by atoms with van der Waals surface area (Å²) in [6, 6.07) is 36.1. The van der Waals surface area contributed by atoms with Gasteiger partial charge in [-0.05, 0) is 124 Å². The molecule has 2 fully saturated rings. The summed E-state index contributed by atoms with van der Waals surface area (Å²) in [7, 11) is 0. The molecule has 0 atom stereocenters. The van der Waals surface area contributed by atoms with E-state index in [4.69, 9.17) is 0 Å². The van der Waals surface area contributed by atoms with Crippen molar-refractivity contribution in [3.05, 3.63) is 118 Å². The molecule has 0 aliphatic heterocycles. The van der Waals surface area contributed by atoms with Crippen molar-refractivity contribution in [3.8, 4) is 0 Å². The van der Waals surface area contributed by atoms with Crippen molar-refractivity contribution in [2.75, 3.05) is 0 Å². The lowest BCUT2D eigenvalue weighted by atomic mass is 9.76. The number of hydrogen-bond donors (Lipinski definition) is 1. The lowest BCUT2D eigenvalue weighted by Gasteiger charge is -2.34. The largest absolute Gasteiger partial charge is 0.385 e. The monoisotopic (exact) mass is 790 g/mol. The van der Waals surface area contributed by atoms with Gasteiger partial charge in [0.2, 0.25) is 0 Å². The summed E-state index contributed by atoms with van der Waals surface area (Å²) in [5.74, 6) is 0.464. The molecule has 0 bridgehead atoms. The average Bonchev–Trinajstić information content (AvgIpc) is 3.16. The Balaban J connectivity index is 0.000000135. The minimum Gasteiger partial charge on any atom is -0.385 e. The Hall–Kier alpha value is -4.05. The van der Waals surface area contributed by atoms with Gasteiger partial charge in [0.15, 0.2) is 0 Å². The van der Waals surface area contributed by atoms with Crippen molar-refractivity contribution in [3.63, 3.8) is 0 Å². The first-order valence-corrected chi connectivity index (χ1v) is 21.3. The summed E-state index contributed by atoms with van der Waals surface area (Å²) in [4.78, 5) is 10.5. The number of halogens is 1. The van der Waals surface area contributed by atoms with Gasteiger partial charge in [-0.1, -0.05) is 174 Å². The number of rotatable bonds is 1. The molecule has 2 aliphatic rings. The van der Waals surface area contributed by atoms with Crippen molar-refractivity contribution in [2.45, 2.75) is 122 Å². The molecule has 2 aliphatic carbocycles.